The van der Waals surface area contributed by atoms with E-state index in [4.69, 9.17) is 10.00 Å². The summed E-state index contributed by atoms with van der Waals surface area (Å²) < 4.78 is 7.24. The number of fused-ring (bicyclic) bond motifs is 1. The molecule has 1 unspecified atom stereocenters. The molecule has 0 radical (unpaired) electrons. The fourth-order valence-corrected chi connectivity index (χ4v) is 3.45. The zero-order valence-corrected chi connectivity index (χ0v) is 15.0. The molecule has 2 N–H and O–H groups in total. The molecule has 4 rings (SSSR count). The van der Waals surface area contributed by atoms with E-state index in [0.29, 0.717) is 29.3 Å². The van der Waals surface area contributed by atoms with E-state index in [2.05, 4.69) is 26.3 Å². The molecule has 8 nitrogen and oxygen atoms in total. The molecule has 3 heterocycles. The molecule has 1 saturated heterocycles. The van der Waals surface area contributed by atoms with Crippen LogP contribution in [-0.4, -0.2) is 32.7 Å². The quantitative estimate of drug-likeness (QED) is 0.740. The van der Waals surface area contributed by atoms with Crippen molar-refractivity contribution in [3.8, 4) is 6.07 Å². The minimum absolute atomic E-state index is 0.0631. The first kappa shape index (κ1) is 17.2. The summed E-state index contributed by atoms with van der Waals surface area (Å²) in [5.41, 5.74) is 3.39. The smallest absolute Gasteiger partial charge is 0.327 e. The van der Waals surface area contributed by atoms with E-state index in [0.717, 1.165) is 37.1 Å². The number of nitrogens with zero attached hydrogens (tertiary/aromatic N) is 4. The Bertz CT molecular complexity index is 1070. The molecule has 138 valence electrons. The van der Waals surface area contributed by atoms with Crippen LogP contribution in [0.5, 0.6) is 0 Å². The lowest BCUT2D eigenvalue weighted by molar-refractivity contribution is 0.142. The van der Waals surface area contributed by atoms with Crippen molar-refractivity contribution in [3.05, 3.63) is 46.0 Å². The van der Waals surface area contributed by atoms with Crippen LogP contribution in [0.3, 0.4) is 0 Å². The summed E-state index contributed by atoms with van der Waals surface area (Å²) in [5.74, 6) is 0.410. The Balaban J connectivity index is 1.70. The maximum absolute atomic E-state index is 12.5. The number of nitrogens with one attached hydrogen (secondary N) is 2. The molecule has 1 atom stereocenters. The van der Waals surface area contributed by atoms with Gasteiger partial charge < -0.3 is 15.0 Å². The zero-order valence-electron chi connectivity index (χ0n) is 15.0. The number of ether oxygens (including phenoxy) is 1. The van der Waals surface area contributed by atoms with Gasteiger partial charge in [-0.2, -0.15) is 10.2 Å². The predicted molar refractivity (Wildman–Crippen MR) is 101 cm³/mol. The van der Waals surface area contributed by atoms with Crippen molar-refractivity contribution in [1.29, 1.82) is 5.26 Å². The summed E-state index contributed by atoms with van der Waals surface area (Å²) in [4.78, 5) is 24.2. The van der Waals surface area contributed by atoms with Gasteiger partial charge in [0.15, 0.2) is 5.65 Å². The number of rotatable bonds is 3. The van der Waals surface area contributed by atoms with E-state index in [-0.39, 0.29) is 11.7 Å². The summed E-state index contributed by atoms with van der Waals surface area (Å²) in [6, 6.07) is 7.56. The van der Waals surface area contributed by atoms with E-state index < -0.39 is 0 Å². The van der Waals surface area contributed by atoms with E-state index in [9.17, 15) is 4.79 Å². The normalized spacial score (nSPS) is 17.4. The second-order valence-electron chi connectivity index (χ2n) is 6.69. The van der Waals surface area contributed by atoms with Gasteiger partial charge in [0, 0.05) is 24.9 Å². The van der Waals surface area contributed by atoms with Crippen molar-refractivity contribution in [2.45, 2.75) is 32.2 Å². The Kier molecular flexibility index (Phi) is 4.60. The fourth-order valence-electron chi connectivity index (χ4n) is 3.45. The minimum atomic E-state index is -0.169. The number of imidazole rings is 1. The van der Waals surface area contributed by atoms with Crippen molar-refractivity contribution in [2.24, 2.45) is 0 Å². The van der Waals surface area contributed by atoms with E-state index >= 15 is 0 Å². The monoisotopic (exact) mass is 364 g/mol. The highest BCUT2D eigenvalue weighted by atomic mass is 16.5. The van der Waals surface area contributed by atoms with E-state index in [1.165, 1.54) is 0 Å². The van der Waals surface area contributed by atoms with Crippen molar-refractivity contribution < 1.29 is 4.74 Å². The molecule has 27 heavy (non-hydrogen) atoms. The first-order chi connectivity index (χ1) is 13.2. The molecule has 0 bridgehead atoms. The highest BCUT2D eigenvalue weighted by Crippen LogP contribution is 2.25. The third-order valence-electron chi connectivity index (χ3n) is 4.85. The van der Waals surface area contributed by atoms with Crippen molar-refractivity contribution >= 4 is 22.8 Å². The number of hydrogen-bond acceptors (Lipinski definition) is 6. The van der Waals surface area contributed by atoms with E-state index in [1.54, 1.807) is 22.9 Å². The number of benzene rings is 1. The molecule has 0 aliphatic carbocycles. The number of anilines is 2. The standard InChI is InChI=1S/C19H20N6O2/c1-12-9-13(10-20)4-5-15(12)22-18-21-11-16-17(24-18)25(19(26)23-16)14-3-2-7-27-8-6-14/h4-5,9,11,14H,2-3,6-8H2,1H3,(H,23,26)(H,21,22,24). The molecule has 1 aromatic carbocycles. The minimum Gasteiger partial charge on any atom is -0.381 e. The molecule has 3 aromatic rings. The van der Waals surface area contributed by atoms with Crippen LogP contribution < -0.4 is 11.0 Å². The molecule has 0 amide bonds. The highest BCUT2D eigenvalue weighted by molar-refractivity contribution is 5.72. The van der Waals surface area contributed by atoms with Gasteiger partial charge in [-0.15, -0.1) is 0 Å². The van der Waals surface area contributed by atoms with Crippen LogP contribution in [-0.2, 0) is 4.74 Å². The molecule has 8 heteroatoms. The molecular weight excluding hydrogens is 344 g/mol. The molecule has 1 fully saturated rings. The molecule has 1 aliphatic heterocycles. The van der Waals surface area contributed by atoms with Gasteiger partial charge in [-0.1, -0.05) is 0 Å². The number of nitriles is 1. The van der Waals surface area contributed by atoms with Crippen LogP contribution in [0.15, 0.2) is 29.2 Å². The Morgan fingerprint density at radius 1 is 1.37 bits per heavy atom. The number of H-pyrrole nitrogens is 1. The Hall–Kier alpha value is -3.18. The average Bonchev–Trinajstić information content (AvgIpc) is 2.83. The van der Waals surface area contributed by atoms with Gasteiger partial charge in [0.05, 0.1) is 17.8 Å². The maximum Gasteiger partial charge on any atom is 0.327 e. The summed E-state index contributed by atoms with van der Waals surface area (Å²) >= 11 is 0. The highest BCUT2D eigenvalue weighted by Gasteiger charge is 2.20. The topological polar surface area (TPSA) is 109 Å². The average molecular weight is 364 g/mol. The molecule has 2 aromatic heterocycles. The van der Waals surface area contributed by atoms with E-state index in [1.807, 2.05) is 13.0 Å². The largest absolute Gasteiger partial charge is 0.381 e. The van der Waals surface area contributed by atoms with Crippen molar-refractivity contribution in [3.63, 3.8) is 0 Å². The Morgan fingerprint density at radius 2 is 2.26 bits per heavy atom. The van der Waals surface area contributed by atoms with Gasteiger partial charge in [0.25, 0.3) is 0 Å². The second kappa shape index (κ2) is 7.21. The Morgan fingerprint density at radius 3 is 3.07 bits per heavy atom. The molecular formula is C19H20N6O2. The van der Waals surface area contributed by atoms with Gasteiger partial charge in [-0.25, -0.2) is 9.78 Å². The van der Waals surface area contributed by atoms with Gasteiger partial charge in [-0.3, -0.25) is 4.57 Å². The summed E-state index contributed by atoms with van der Waals surface area (Å²) in [6.45, 7) is 3.29. The number of aryl methyl sites for hydroxylation is 1. The number of aromatic amines is 1. The van der Waals surface area contributed by atoms with Crippen LogP contribution in [0.25, 0.3) is 11.2 Å². The zero-order chi connectivity index (χ0) is 18.8. The fraction of sp³-hybridized carbons (Fsp3) is 0.368. The Labute approximate surface area is 155 Å². The van der Waals surface area contributed by atoms with Crippen LogP contribution >= 0.6 is 0 Å². The predicted octanol–water partition coefficient (Wildman–Crippen LogP) is 2.78. The molecule has 0 saturated carbocycles. The van der Waals surface area contributed by atoms with Gasteiger partial charge in [0.1, 0.15) is 5.52 Å². The third-order valence-corrected chi connectivity index (χ3v) is 4.85. The first-order valence-electron chi connectivity index (χ1n) is 8.98. The lowest BCUT2D eigenvalue weighted by Gasteiger charge is -2.15. The number of aromatic nitrogens is 4. The summed E-state index contributed by atoms with van der Waals surface area (Å²) in [7, 11) is 0. The van der Waals surface area contributed by atoms with Gasteiger partial charge >= 0.3 is 5.69 Å². The van der Waals surface area contributed by atoms with Crippen LogP contribution in [0.2, 0.25) is 0 Å². The molecule has 1 aliphatic rings. The number of hydrogen-bond donors (Lipinski definition) is 2. The van der Waals surface area contributed by atoms with Crippen LogP contribution in [0.4, 0.5) is 11.6 Å². The third kappa shape index (κ3) is 3.41. The van der Waals surface area contributed by atoms with Crippen LogP contribution in [0, 0.1) is 18.3 Å². The lowest BCUT2D eigenvalue weighted by Crippen LogP contribution is -2.23. The molecule has 0 spiro atoms. The van der Waals surface area contributed by atoms with Crippen molar-refractivity contribution in [2.75, 3.05) is 18.5 Å². The summed E-state index contributed by atoms with van der Waals surface area (Å²) in [6.07, 6.45) is 4.21. The van der Waals surface area contributed by atoms with Crippen LogP contribution in [0.1, 0.15) is 36.4 Å². The van der Waals surface area contributed by atoms with Crippen molar-refractivity contribution in [1.82, 2.24) is 19.5 Å². The first-order valence-corrected chi connectivity index (χ1v) is 8.98. The van der Waals surface area contributed by atoms with Gasteiger partial charge in [-0.05, 0) is 49.9 Å². The van der Waals surface area contributed by atoms with Gasteiger partial charge in [0.2, 0.25) is 5.95 Å². The summed E-state index contributed by atoms with van der Waals surface area (Å²) in [5, 5.41) is 12.2. The lowest BCUT2D eigenvalue weighted by atomic mass is 10.1. The second-order valence-corrected chi connectivity index (χ2v) is 6.69. The maximum atomic E-state index is 12.5. The SMILES string of the molecule is Cc1cc(C#N)ccc1Nc1ncc2[nH]c(=O)n(C3CCCOCC3)c2n1.